The SMILES string of the molecule is COc1cc2nn(C3CCNCC3)cc2cc1NC(=O)c1cn(C)c(-c2ccnc(C)c2)n1. The van der Waals surface area contributed by atoms with Gasteiger partial charge in [0.15, 0.2) is 0 Å². The summed E-state index contributed by atoms with van der Waals surface area (Å²) in [5, 5.41) is 12.1. The molecule has 1 amide bonds. The highest BCUT2D eigenvalue weighted by Gasteiger charge is 2.19. The van der Waals surface area contributed by atoms with Gasteiger partial charge in [-0.15, -0.1) is 0 Å². The lowest BCUT2D eigenvalue weighted by Crippen LogP contribution is -2.29. The van der Waals surface area contributed by atoms with Crippen molar-refractivity contribution in [1.29, 1.82) is 0 Å². The van der Waals surface area contributed by atoms with Gasteiger partial charge >= 0.3 is 0 Å². The summed E-state index contributed by atoms with van der Waals surface area (Å²) in [6, 6.07) is 7.99. The highest BCUT2D eigenvalue weighted by Crippen LogP contribution is 2.32. The largest absolute Gasteiger partial charge is 0.494 e. The van der Waals surface area contributed by atoms with Crippen molar-refractivity contribution in [3.05, 3.63) is 54.2 Å². The number of hydrogen-bond donors (Lipinski definition) is 2. The van der Waals surface area contributed by atoms with E-state index in [-0.39, 0.29) is 5.91 Å². The normalized spacial score (nSPS) is 14.5. The summed E-state index contributed by atoms with van der Waals surface area (Å²) in [5.41, 5.74) is 3.57. The van der Waals surface area contributed by atoms with Gasteiger partial charge in [-0.05, 0) is 51.1 Å². The van der Waals surface area contributed by atoms with Crippen LogP contribution in [0.1, 0.15) is 35.1 Å². The van der Waals surface area contributed by atoms with E-state index in [0.29, 0.717) is 29.0 Å². The van der Waals surface area contributed by atoms with Crippen molar-refractivity contribution in [3.8, 4) is 17.1 Å². The highest BCUT2D eigenvalue weighted by molar-refractivity contribution is 6.05. The molecule has 1 saturated heterocycles. The molecule has 33 heavy (non-hydrogen) atoms. The van der Waals surface area contributed by atoms with Gasteiger partial charge in [0, 0.05) is 48.3 Å². The average Bonchev–Trinajstić information content (AvgIpc) is 3.42. The molecule has 9 nitrogen and oxygen atoms in total. The molecule has 4 aromatic rings. The van der Waals surface area contributed by atoms with Gasteiger partial charge in [-0.1, -0.05) is 0 Å². The summed E-state index contributed by atoms with van der Waals surface area (Å²) in [5.74, 6) is 0.967. The van der Waals surface area contributed by atoms with Crippen LogP contribution in [-0.2, 0) is 7.05 Å². The third-order valence-electron chi connectivity index (χ3n) is 6.04. The quantitative estimate of drug-likeness (QED) is 0.489. The number of rotatable bonds is 5. The van der Waals surface area contributed by atoms with Crippen LogP contribution >= 0.6 is 0 Å². The molecule has 170 valence electrons. The van der Waals surface area contributed by atoms with E-state index in [4.69, 9.17) is 9.84 Å². The number of aromatic nitrogens is 5. The molecule has 0 radical (unpaired) electrons. The Balaban J connectivity index is 1.42. The number of hydrogen-bond acceptors (Lipinski definition) is 6. The van der Waals surface area contributed by atoms with Gasteiger partial charge in [-0.2, -0.15) is 5.10 Å². The summed E-state index contributed by atoms with van der Waals surface area (Å²) in [7, 11) is 3.46. The zero-order chi connectivity index (χ0) is 22.9. The smallest absolute Gasteiger partial charge is 0.275 e. The zero-order valence-corrected chi connectivity index (χ0v) is 19.0. The molecule has 1 aliphatic heterocycles. The Bertz CT molecular complexity index is 1320. The third kappa shape index (κ3) is 4.19. The van der Waals surface area contributed by atoms with Crippen LogP contribution in [0, 0.1) is 6.92 Å². The molecule has 1 fully saturated rings. The Morgan fingerprint density at radius 1 is 1.21 bits per heavy atom. The molecule has 2 N–H and O–H groups in total. The molecule has 1 aromatic carbocycles. The molecular weight excluding hydrogens is 418 g/mol. The number of fused-ring (bicyclic) bond motifs is 1. The second-order valence-electron chi connectivity index (χ2n) is 8.40. The van der Waals surface area contributed by atoms with E-state index in [9.17, 15) is 4.79 Å². The van der Waals surface area contributed by atoms with Gasteiger partial charge < -0.3 is 19.9 Å². The molecule has 0 aliphatic carbocycles. The van der Waals surface area contributed by atoms with E-state index >= 15 is 0 Å². The molecule has 3 aromatic heterocycles. The molecule has 1 aliphatic rings. The van der Waals surface area contributed by atoms with Crippen LogP contribution < -0.4 is 15.4 Å². The van der Waals surface area contributed by atoms with Gasteiger partial charge in [0.05, 0.1) is 24.4 Å². The summed E-state index contributed by atoms with van der Waals surface area (Å²) < 4.78 is 9.43. The maximum absolute atomic E-state index is 13.1. The standard InChI is InChI=1S/C24H27N7O2/c1-15-10-16(4-9-26-15)23-27-21(14-30(23)2)24(32)28-20-11-17-13-31(18-5-7-25-8-6-18)29-19(17)12-22(20)33-3/h4,9-14,18,25H,5-8H2,1-3H3,(H,28,32). The minimum atomic E-state index is -0.300. The Kier molecular flexibility index (Phi) is 5.55. The number of nitrogens with zero attached hydrogens (tertiary/aromatic N) is 5. The number of carbonyl (C=O) groups excluding carboxylic acids is 1. The minimum absolute atomic E-state index is 0.300. The van der Waals surface area contributed by atoms with Crippen molar-refractivity contribution >= 4 is 22.5 Å². The topological polar surface area (TPSA) is 98.9 Å². The van der Waals surface area contributed by atoms with E-state index in [1.54, 1.807) is 19.5 Å². The fourth-order valence-corrected chi connectivity index (χ4v) is 4.31. The van der Waals surface area contributed by atoms with Crippen LogP contribution in [0.25, 0.3) is 22.3 Å². The average molecular weight is 446 g/mol. The van der Waals surface area contributed by atoms with E-state index in [0.717, 1.165) is 48.1 Å². The van der Waals surface area contributed by atoms with E-state index < -0.39 is 0 Å². The molecular formula is C24H27N7O2. The summed E-state index contributed by atoms with van der Waals surface area (Å²) in [4.78, 5) is 21.8. The van der Waals surface area contributed by atoms with Crippen LogP contribution in [0.5, 0.6) is 5.75 Å². The number of imidazole rings is 1. The van der Waals surface area contributed by atoms with E-state index in [1.165, 1.54) is 0 Å². The van der Waals surface area contributed by atoms with Crippen molar-refractivity contribution in [2.45, 2.75) is 25.8 Å². The predicted molar refractivity (Wildman–Crippen MR) is 127 cm³/mol. The number of benzene rings is 1. The third-order valence-corrected chi connectivity index (χ3v) is 6.04. The summed E-state index contributed by atoms with van der Waals surface area (Å²) in [6.07, 6.45) is 7.61. The van der Waals surface area contributed by atoms with Gasteiger partial charge in [0.25, 0.3) is 5.91 Å². The fraction of sp³-hybridized carbons (Fsp3) is 0.333. The Hall–Kier alpha value is -3.72. The number of amides is 1. The monoisotopic (exact) mass is 445 g/mol. The number of ether oxygens (including phenoxy) is 1. The first-order chi connectivity index (χ1) is 16.0. The van der Waals surface area contributed by atoms with Crippen molar-refractivity contribution in [1.82, 2.24) is 29.6 Å². The number of carbonyl (C=O) groups is 1. The van der Waals surface area contributed by atoms with Gasteiger partial charge in [0.1, 0.15) is 17.3 Å². The lowest BCUT2D eigenvalue weighted by molar-refractivity contribution is 0.102. The van der Waals surface area contributed by atoms with Crippen molar-refractivity contribution < 1.29 is 9.53 Å². The predicted octanol–water partition coefficient (Wildman–Crippen LogP) is 3.33. The maximum atomic E-state index is 13.1. The van der Waals surface area contributed by atoms with Crippen molar-refractivity contribution in [2.24, 2.45) is 7.05 Å². The van der Waals surface area contributed by atoms with E-state index in [2.05, 4.69) is 20.6 Å². The molecule has 5 rings (SSSR count). The maximum Gasteiger partial charge on any atom is 0.275 e. The van der Waals surface area contributed by atoms with Crippen LogP contribution in [0.4, 0.5) is 5.69 Å². The number of pyridine rings is 1. The summed E-state index contributed by atoms with van der Waals surface area (Å²) in [6.45, 7) is 3.92. The zero-order valence-electron chi connectivity index (χ0n) is 19.0. The summed E-state index contributed by atoms with van der Waals surface area (Å²) >= 11 is 0. The number of piperidine rings is 1. The first-order valence-electron chi connectivity index (χ1n) is 11.1. The molecule has 0 saturated carbocycles. The second kappa shape index (κ2) is 8.67. The number of aryl methyl sites for hydroxylation is 2. The van der Waals surface area contributed by atoms with Crippen LogP contribution in [-0.4, -0.2) is 50.4 Å². The number of nitrogens with one attached hydrogen (secondary N) is 2. The first-order valence-corrected chi connectivity index (χ1v) is 11.1. The van der Waals surface area contributed by atoms with Gasteiger partial charge in [0.2, 0.25) is 0 Å². The Morgan fingerprint density at radius 2 is 2.03 bits per heavy atom. The van der Waals surface area contributed by atoms with Crippen LogP contribution in [0.2, 0.25) is 0 Å². The van der Waals surface area contributed by atoms with Crippen molar-refractivity contribution in [3.63, 3.8) is 0 Å². The number of anilines is 1. The second-order valence-corrected chi connectivity index (χ2v) is 8.40. The minimum Gasteiger partial charge on any atom is -0.494 e. The van der Waals surface area contributed by atoms with Crippen molar-refractivity contribution in [2.75, 3.05) is 25.5 Å². The van der Waals surface area contributed by atoms with E-state index in [1.807, 2.05) is 53.7 Å². The fourth-order valence-electron chi connectivity index (χ4n) is 4.31. The molecule has 4 heterocycles. The van der Waals surface area contributed by atoms with Gasteiger partial charge in [-0.3, -0.25) is 14.5 Å². The number of methoxy groups -OCH3 is 1. The molecule has 0 bridgehead atoms. The molecule has 0 unspecified atom stereocenters. The highest BCUT2D eigenvalue weighted by atomic mass is 16.5. The van der Waals surface area contributed by atoms with Crippen LogP contribution in [0.15, 0.2) is 42.9 Å². The molecule has 0 spiro atoms. The lowest BCUT2D eigenvalue weighted by Gasteiger charge is -2.22. The Labute approximate surface area is 191 Å². The van der Waals surface area contributed by atoms with Gasteiger partial charge in [-0.25, -0.2) is 4.98 Å². The van der Waals surface area contributed by atoms with Crippen LogP contribution in [0.3, 0.4) is 0 Å². The lowest BCUT2D eigenvalue weighted by atomic mass is 10.1. The molecule has 9 heteroatoms. The Morgan fingerprint density at radius 3 is 2.79 bits per heavy atom. The first kappa shape index (κ1) is 21.1. The molecule has 0 atom stereocenters.